The van der Waals surface area contributed by atoms with Crippen molar-refractivity contribution in [1.29, 1.82) is 0 Å². The minimum absolute atomic E-state index is 0.0829. The molecule has 2 heterocycles. The number of carbonyl (C=O) groups is 2. The summed E-state index contributed by atoms with van der Waals surface area (Å²) in [6, 6.07) is 5.96. The first-order chi connectivity index (χ1) is 21.0. The highest BCUT2D eigenvalue weighted by Gasteiger charge is 2.35. The predicted octanol–water partition coefficient (Wildman–Crippen LogP) is 4.32. The fourth-order valence-electron chi connectivity index (χ4n) is 3.93. The largest absolute Gasteiger partial charge is 0.505 e. The average molecular weight is 675 g/mol. The summed E-state index contributed by atoms with van der Waals surface area (Å²) in [5, 5.41) is 34.6. The number of thioether (sulfide) groups is 2. The van der Waals surface area contributed by atoms with Crippen LogP contribution >= 0.6 is 35.1 Å². The maximum atomic E-state index is 12.9. The number of carbonyl (C=O) groups excluding carboxylic acids is 1. The molecule has 17 nitrogen and oxygen atoms in total. The molecule has 0 radical (unpaired) electrons. The van der Waals surface area contributed by atoms with Crippen LogP contribution in [-0.2, 0) is 16.0 Å². The number of nitro benzene ring substituents is 1. The number of ether oxygens (including phenoxy) is 4. The van der Waals surface area contributed by atoms with Gasteiger partial charge in [-0.3, -0.25) is 10.1 Å². The Morgan fingerprint density at radius 2 is 1.75 bits per heavy atom. The van der Waals surface area contributed by atoms with Gasteiger partial charge in [0.15, 0.2) is 16.5 Å². The van der Waals surface area contributed by atoms with Crippen LogP contribution in [-0.4, -0.2) is 100 Å². The fraction of sp³-hybridized carbons (Fsp3) is 0.417. The number of rotatable bonds is 15. The standard InChI is InChI=1S/C24H27ClN6O11S2/c1-39-18-11-16(17(30(35)36)12-19(18)40-2)21(44-10-8-42-24(33)34)43-9-7-41-23(32)29-6-5-28(22(29)27-31(37)38)14-15-3-4-20(25)26-13-15/h3-4,11-13,21H,5-10,14H2,1-2H3,(H,33,34). The number of aromatic nitrogens is 1. The summed E-state index contributed by atoms with van der Waals surface area (Å²) in [6.07, 6.45) is -0.807. The number of pyridine rings is 1. The Hall–Kier alpha value is -4.23. The van der Waals surface area contributed by atoms with Gasteiger partial charge < -0.3 is 29.0 Å². The first-order valence-electron chi connectivity index (χ1n) is 12.6. The van der Waals surface area contributed by atoms with E-state index in [9.17, 15) is 29.8 Å². The van der Waals surface area contributed by atoms with E-state index in [0.29, 0.717) is 5.56 Å². The van der Waals surface area contributed by atoms with Crippen LogP contribution < -0.4 is 9.47 Å². The monoisotopic (exact) mass is 674 g/mol. The third kappa shape index (κ3) is 9.64. The molecule has 1 unspecified atom stereocenters. The highest BCUT2D eigenvalue weighted by Crippen LogP contribution is 2.47. The highest BCUT2D eigenvalue weighted by molar-refractivity contribution is 8.16. The summed E-state index contributed by atoms with van der Waals surface area (Å²) in [4.78, 5) is 52.7. The molecule has 0 spiro atoms. The molecule has 1 atom stereocenters. The van der Waals surface area contributed by atoms with Crippen molar-refractivity contribution in [3.63, 3.8) is 0 Å². The van der Waals surface area contributed by atoms with Crippen molar-refractivity contribution in [2.45, 2.75) is 11.1 Å². The smallest absolute Gasteiger partial charge is 0.493 e. The summed E-state index contributed by atoms with van der Waals surface area (Å²) in [5.74, 6) is 0.528. The van der Waals surface area contributed by atoms with E-state index in [1.54, 1.807) is 12.1 Å². The van der Waals surface area contributed by atoms with Crippen molar-refractivity contribution in [3.05, 3.63) is 67.0 Å². The quantitative estimate of drug-likeness (QED) is 0.0696. The highest BCUT2D eigenvalue weighted by atomic mass is 35.5. The Morgan fingerprint density at radius 1 is 1.09 bits per heavy atom. The molecule has 238 valence electrons. The van der Waals surface area contributed by atoms with Crippen molar-refractivity contribution in [2.24, 2.45) is 5.10 Å². The van der Waals surface area contributed by atoms with E-state index in [2.05, 4.69) is 14.8 Å². The van der Waals surface area contributed by atoms with Gasteiger partial charge in [-0.1, -0.05) is 17.7 Å². The molecule has 20 heteroatoms. The summed E-state index contributed by atoms with van der Waals surface area (Å²) in [6.45, 7) is 0.198. The SMILES string of the molecule is COc1cc(C(SCCOC(=O)O)SCCOC(=O)N2CCN(Cc3ccc(Cl)nc3)C2=N[N+](=O)[O-])c([N+](=O)[O-])cc1OC. The van der Waals surface area contributed by atoms with Crippen LogP contribution in [0.15, 0.2) is 35.6 Å². The van der Waals surface area contributed by atoms with Gasteiger partial charge in [0.2, 0.25) is 0 Å². The zero-order valence-corrected chi connectivity index (χ0v) is 25.7. The molecule has 1 aliphatic heterocycles. The molecule has 2 aromatic rings. The number of halogens is 1. The number of nitro groups is 2. The molecule has 0 bridgehead atoms. The number of hydrazone groups is 1. The molecule has 1 aromatic carbocycles. The number of benzene rings is 1. The number of guanidine groups is 1. The van der Waals surface area contributed by atoms with Crippen LogP contribution in [0.1, 0.15) is 15.7 Å². The molecule has 1 N–H and O–H groups in total. The maximum absolute atomic E-state index is 12.9. The van der Waals surface area contributed by atoms with E-state index in [-0.39, 0.29) is 78.2 Å². The Bertz CT molecular complexity index is 1390. The predicted molar refractivity (Wildman–Crippen MR) is 160 cm³/mol. The van der Waals surface area contributed by atoms with Gasteiger partial charge in [0.05, 0.1) is 41.9 Å². The average Bonchev–Trinajstić information content (AvgIpc) is 3.37. The Morgan fingerprint density at radius 3 is 2.32 bits per heavy atom. The van der Waals surface area contributed by atoms with Gasteiger partial charge in [-0.15, -0.1) is 23.5 Å². The lowest BCUT2D eigenvalue weighted by Gasteiger charge is -2.20. The molecule has 1 fully saturated rings. The van der Waals surface area contributed by atoms with Crippen molar-refractivity contribution in [2.75, 3.05) is 52.0 Å². The zero-order chi connectivity index (χ0) is 32.2. The third-order valence-electron chi connectivity index (χ3n) is 5.81. The maximum Gasteiger partial charge on any atom is 0.505 e. The molecule has 1 aliphatic rings. The van der Waals surface area contributed by atoms with Crippen molar-refractivity contribution in [3.8, 4) is 11.5 Å². The topological polar surface area (TPSA) is 209 Å². The Balaban J connectivity index is 1.69. The fourth-order valence-corrected chi connectivity index (χ4v) is 6.53. The number of amides is 1. The lowest BCUT2D eigenvalue weighted by molar-refractivity contribution is -0.486. The molecule has 1 amide bonds. The summed E-state index contributed by atoms with van der Waals surface area (Å²) in [7, 11) is 2.72. The van der Waals surface area contributed by atoms with E-state index in [0.717, 1.165) is 4.90 Å². The van der Waals surface area contributed by atoms with Crippen LogP contribution in [0.2, 0.25) is 5.15 Å². The molecule has 1 saturated heterocycles. The van der Waals surface area contributed by atoms with Gasteiger partial charge in [-0.25, -0.2) is 29.6 Å². The van der Waals surface area contributed by atoms with Gasteiger partial charge in [-0.05, 0) is 17.7 Å². The van der Waals surface area contributed by atoms with Gasteiger partial charge in [0.25, 0.3) is 11.6 Å². The lowest BCUT2D eigenvalue weighted by atomic mass is 10.1. The lowest BCUT2D eigenvalue weighted by Crippen LogP contribution is -2.38. The van der Waals surface area contributed by atoms with Gasteiger partial charge in [-0.2, -0.15) is 0 Å². The van der Waals surface area contributed by atoms with Gasteiger partial charge in [0, 0.05) is 30.8 Å². The van der Waals surface area contributed by atoms with Gasteiger partial charge in [0.1, 0.15) is 23.5 Å². The van der Waals surface area contributed by atoms with Crippen molar-refractivity contribution >= 4 is 59.0 Å². The molecule has 1 aromatic heterocycles. The van der Waals surface area contributed by atoms with Crippen LogP contribution in [0.5, 0.6) is 11.5 Å². The Labute approximate surface area is 263 Å². The van der Waals surface area contributed by atoms with Crippen LogP contribution in [0.4, 0.5) is 15.3 Å². The summed E-state index contributed by atoms with van der Waals surface area (Å²) in [5.41, 5.74) is 0.702. The number of nitrogens with zero attached hydrogens (tertiary/aromatic N) is 6. The minimum atomic E-state index is -1.45. The third-order valence-corrected chi connectivity index (χ3v) is 8.77. The molecule has 0 aliphatic carbocycles. The molecule has 0 saturated carbocycles. The van der Waals surface area contributed by atoms with E-state index in [1.807, 2.05) is 0 Å². The first-order valence-corrected chi connectivity index (χ1v) is 15.0. The van der Waals surface area contributed by atoms with Crippen LogP contribution in [0.3, 0.4) is 0 Å². The normalized spacial score (nSPS) is 14.3. The zero-order valence-electron chi connectivity index (χ0n) is 23.3. The van der Waals surface area contributed by atoms with Crippen molar-refractivity contribution < 1.29 is 43.6 Å². The molecular formula is C24H27ClN6O11S2. The number of carboxylic acid groups (broad SMARTS) is 1. The number of hydrogen-bond acceptors (Lipinski definition) is 13. The second-order valence-corrected chi connectivity index (χ2v) is 11.6. The molecular weight excluding hydrogens is 648 g/mol. The van der Waals surface area contributed by atoms with Crippen LogP contribution in [0.25, 0.3) is 0 Å². The number of methoxy groups -OCH3 is 2. The van der Waals surface area contributed by atoms with E-state index < -0.39 is 26.8 Å². The number of hydrogen-bond donors (Lipinski definition) is 1. The van der Waals surface area contributed by atoms with Crippen molar-refractivity contribution in [1.82, 2.24) is 14.8 Å². The minimum Gasteiger partial charge on any atom is -0.493 e. The molecule has 44 heavy (non-hydrogen) atoms. The second kappa shape index (κ2) is 16.6. The summed E-state index contributed by atoms with van der Waals surface area (Å²) < 4.78 is 19.8. The van der Waals surface area contributed by atoms with E-state index in [4.69, 9.17) is 30.9 Å². The summed E-state index contributed by atoms with van der Waals surface area (Å²) >= 11 is 8.19. The Kier molecular flexibility index (Phi) is 12.9. The van der Waals surface area contributed by atoms with Gasteiger partial charge >= 0.3 is 12.2 Å². The van der Waals surface area contributed by atoms with Crippen LogP contribution in [0, 0.1) is 20.2 Å². The van der Waals surface area contributed by atoms with E-state index in [1.165, 1.54) is 61.0 Å². The molecule has 3 rings (SSSR count). The van der Waals surface area contributed by atoms with E-state index >= 15 is 0 Å². The second-order valence-electron chi connectivity index (χ2n) is 8.53. The first kappa shape index (κ1) is 34.3.